The van der Waals surface area contributed by atoms with Crippen molar-refractivity contribution in [3.63, 3.8) is 0 Å². The quantitative estimate of drug-likeness (QED) is 0.547. The van der Waals surface area contributed by atoms with Crippen LogP contribution < -0.4 is 5.73 Å². The predicted molar refractivity (Wildman–Crippen MR) is 133 cm³/mol. The SMILES string of the molecule is NC(=O)c1ccc2nc(C(=O)N(C[C@@H](O)CN3CCc4ccccc4C3)C3CCCCC3)cn2c1. The number of amides is 2. The standard InChI is InChI=1S/C27H33N5O3/c28-26(34)21-10-11-25-29-24(18-31(25)15-21)27(35)32(22-8-2-1-3-9-22)17-23(33)16-30-13-12-19-6-4-5-7-20(19)14-30/h4-7,10-11,15,18,22-23,33H,1-3,8-9,12-14,16-17H2,(H2,28,34)/t23-/m0/s1. The molecule has 184 valence electrons. The number of imidazole rings is 1. The van der Waals surface area contributed by atoms with Gasteiger partial charge < -0.3 is 20.1 Å². The third kappa shape index (κ3) is 5.23. The molecule has 2 aromatic heterocycles. The van der Waals surface area contributed by atoms with Gasteiger partial charge in [0.05, 0.1) is 11.7 Å². The number of rotatable bonds is 7. The number of primary amides is 1. The summed E-state index contributed by atoms with van der Waals surface area (Å²) in [4.78, 5) is 33.8. The number of hydrogen-bond acceptors (Lipinski definition) is 5. The minimum Gasteiger partial charge on any atom is -0.390 e. The van der Waals surface area contributed by atoms with Crippen LogP contribution >= 0.6 is 0 Å². The van der Waals surface area contributed by atoms with Crippen molar-refractivity contribution in [3.8, 4) is 0 Å². The number of nitrogens with two attached hydrogens (primary N) is 1. The molecule has 35 heavy (non-hydrogen) atoms. The van der Waals surface area contributed by atoms with Gasteiger partial charge in [0.25, 0.3) is 5.91 Å². The first-order chi connectivity index (χ1) is 17.0. The van der Waals surface area contributed by atoms with Crippen LogP contribution in [0.5, 0.6) is 0 Å². The fraction of sp³-hybridized carbons (Fsp3) is 0.444. The molecule has 2 amide bonds. The molecule has 2 aliphatic rings. The Morgan fingerprint density at radius 1 is 1.09 bits per heavy atom. The topological polar surface area (TPSA) is 104 Å². The van der Waals surface area contributed by atoms with E-state index in [0.29, 0.717) is 23.4 Å². The predicted octanol–water partition coefficient (Wildman–Crippen LogP) is 2.63. The van der Waals surface area contributed by atoms with E-state index in [0.717, 1.165) is 45.2 Å². The summed E-state index contributed by atoms with van der Waals surface area (Å²) in [5.74, 6) is -0.704. The van der Waals surface area contributed by atoms with Gasteiger partial charge in [-0.1, -0.05) is 43.5 Å². The molecule has 0 radical (unpaired) electrons. The molecule has 8 nitrogen and oxygen atoms in total. The van der Waals surface area contributed by atoms with E-state index in [1.54, 1.807) is 28.9 Å². The minimum atomic E-state index is -0.648. The fourth-order valence-electron chi connectivity index (χ4n) is 5.47. The van der Waals surface area contributed by atoms with Crippen LogP contribution in [-0.2, 0) is 13.0 Å². The monoisotopic (exact) mass is 475 g/mol. The van der Waals surface area contributed by atoms with Gasteiger partial charge in [-0.3, -0.25) is 14.5 Å². The molecule has 0 saturated heterocycles. The van der Waals surface area contributed by atoms with Crippen LogP contribution in [0, 0.1) is 0 Å². The zero-order valence-corrected chi connectivity index (χ0v) is 20.0. The van der Waals surface area contributed by atoms with Gasteiger partial charge in [0.15, 0.2) is 0 Å². The van der Waals surface area contributed by atoms with Gasteiger partial charge in [-0.15, -0.1) is 0 Å². The van der Waals surface area contributed by atoms with Crippen LogP contribution in [0.1, 0.15) is 64.1 Å². The van der Waals surface area contributed by atoms with Crippen LogP contribution in [0.2, 0.25) is 0 Å². The van der Waals surface area contributed by atoms with Gasteiger partial charge in [-0.25, -0.2) is 4.98 Å². The van der Waals surface area contributed by atoms with E-state index in [1.807, 2.05) is 4.90 Å². The Kier molecular flexibility index (Phi) is 6.83. The molecule has 3 heterocycles. The third-order valence-corrected chi connectivity index (χ3v) is 7.32. The van der Waals surface area contributed by atoms with Crippen LogP contribution in [0.25, 0.3) is 5.65 Å². The Balaban J connectivity index is 1.32. The van der Waals surface area contributed by atoms with E-state index in [4.69, 9.17) is 5.73 Å². The second kappa shape index (κ2) is 10.2. The summed E-state index contributed by atoms with van der Waals surface area (Å²) in [6.45, 7) is 2.53. The number of fused-ring (bicyclic) bond motifs is 2. The normalized spacial score (nSPS) is 17.7. The van der Waals surface area contributed by atoms with Crippen LogP contribution in [-0.4, -0.2) is 67.9 Å². The van der Waals surface area contributed by atoms with Crippen molar-refractivity contribution in [3.05, 3.63) is 71.2 Å². The van der Waals surface area contributed by atoms with E-state index >= 15 is 0 Å². The molecular weight excluding hydrogens is 442 g/mol. The van der Waals surface area contributed by atoms with Crippen molar-refractivity contribution in [2.75, 3.05) is 19.6 Å². The zero-order valence-electron chi connectivity index (χ0n) is 20.0. The maximum atomic E-state index is 13.7. The smallest absolute Gasteiger partial charge is 0.274 e. The number of benzene rings is 1. The maximum Gasteiger partial charge on any atom is 0.274 e. The van der Waals surface area contributed by atoms with Gasteiger partial charge in [0.1, 0.15) is 11.3 Å². The lowest BCUT2D eigenvalue weighted by molar-refractivity contribution is 0.0341. The lowest BCUT2D eigenvalue weighted by Gasteiger charge is -2.37. The second-order valence-corrected chi connectivity index (χ2v) is 9.83. The van der Waals surface area contributed by atoms with Gasteiger partial charge in [-0.2, -0.15) is 0 Å². The maximum absolute atomic E-state index is 13.7. The molecule has 1 aromatic carbocycles. The first-order valence-corrected chi connectivity index (χ1v) is 12.5. The molecule has 3 N–H and O–H groups in total. The Labute approximate surface area is 205 Å². The number of nitrogens with zero attached hydrogens (tertiary/aromatic N) is 4. The number of aliphatic hydroxyl groups excluding tert-OH is 1. The van der Waals surface area contributed by atoms with E-state index in [1.165, 1.54) is 17.5 Å². The number of pyridine rings is 1. The fourth-order valence-corrected chi connectivity index (χ4v) is 5.47. The summed E-state index contributed by atoms with van der Waals surface area (Å²) >= 11 is 0. The highest BCUT2D eigenvalue weighted by molar-refractivity contribution is 5.94. The third-order valence-electron chi connectivity index (χ3n) is 7.32. The number of β-amino-alcohol motifs (C(OH)–C–C–N with tert-alkyl or cyclic N) is 1. The average Bonchev–Trinajstić information content (AvgIpc) is 3.31. The average molecular weight is 476 g/mol. The molecule has 0 spiro atoms. The van der Waals surface area contributed by atoms with Crippen molar-refractivity contribution in [1.82, 2.24) is 19.2 Å². The number of aliphatic hydroxyl groups is 1. The summed E-state index contributed by atoms with van der Waals surface area (Å²) in [6.07, 6.45) is 8.79. The van der Waals surface area contributed by atoms with Crippen molar-refractivity contribution in [1.29, 1.82) is 0 Å². The molecular formula is C27H33N5O3. The van der Waals surface area contributed by atoms with Crippen LogP contribution in [0.15, 0.2) is 48.8 Å². The van der Waals surface area contributed by atoms with Crippen molar-refractivity contribution < 1.29 is 14.7 Å². The molecule has 1 aliphatic carbocycles. The van der Waals surface area contributed by atoms with Gasteiger partial charge in [-0.05, 0) is 42.5 Å². The lowest BCUT2D eigenvalue weighted by atomic mass is 9.93. The Bertz CT molecular complexity index is 1220. The molecule has 1 aliphatic heterocycles. The first-order valence-electron chi connectivity index (χ1n) is 12.5. The molecule has 8 heteroatoms. The molecule has 5 rings (SSSR count). The highest BCUT2D eigenvalue weighted by Crippen LogP contribution is 2.25. The highest BCUT2D eigenvalue weighted by Gasteiger charge is 2.30. The summed E-state index contributed by atoms with van der Waals surface area (Å²) in [6, 6.07) is 11.9. The van der Waals surface area contributed by atoms with Crippen molar-refractivity contribution in [2.24, 2.45) is 5.73 Å². The molecule has 1 saturated carbocycles. The summed E-state index contributed by atoms with van der Waals surface area (Å²) in [7, 11) is 0. The molecule has 0 unspecified atom stereocenters. The number of hydrogen-bond donors (Lipinski definition) is 2. The van der Waals surface area contributed by atoms with Gasteiger partial charge >= 0.3 is 0 Å². The number of aromatic nitrogens is 2. The zero-order chi connectivity index (χ0) is 24.4. The van der Waals surface area contributed by atoms with E-state index in [-0.39, 0.29) is 18.5 Å². The minimum absolute atomic E-state index is 0.0963. The number of carbonyl (C=O) groups is 2. The molecule has 0 bridgehead atoms. The highest BCUT2D eigenvalue weighted by atomic mass is 16.3. The van der Waals surface area contributed by atoms with Crippen molar-refractivity contribution in [2.45, 2.75) is 57.2 Å². The summed E-state index contributed by atoms with van der Waals surface area (Å²) < 4.78 is 1.66. The molecule has 1 fully saturated rings. The number of carbonyl (C=O) groups excluding carboxylic acids is 2. The Hall–Kier alpha value is -3.23. The van der Waals surface area contributed by atoms with Crippen LogP contribution in [0.3, 0.4) is 0 Å². The largest absolute Gasteiger partial charge is 0.390 e. The molecule has 3 aromatic rings. The van der Waals surface area contributed by atoms with Crippen molar-refractivity contribution >= 4 is 17.5 Å². The Morgan fingerprint density at radius 2 is 1.86 bits per heavy atom. The molecule has 1 atom stereocenters. The first kappa shape index (κ1) is 23.5. The lowest BCUT2D eigenvalue weighted by Crippen LogP contribution is -2.48. The van der Waals surface area contributed by atoms with Gasteiger partial charge in [0, 0.05) is 44.6 Å². The summed E-state index contributed by atoms with van der Waals surface area (Å²) in [5.41, 5.74) is 9.34. The second-order valence-electron chi connectivity index (χ2n) is 9.83. The summed E-state index contributed by atoms with van der Waals surface area (Å²) in [5, 5.41) is 11.1. The van der Waals surface area contributed by atoms with E-state index in [2.05, 4.69) is 34.1 Å². The van der Waals surface area contributed by atoms with E-state index < -0.39 is 12.0 Å². The van der Waals surface area contributed by atoms with Gasteiger partial charge in [0.2, 0.25) is 5.91 Å². The van der Waals surface area contributed by atoms with E-state index in [9.17, 15) is 14.7 Å². The Morgan fingerprint density at radius 3 is 2.63 bits per heavy atom. The van der Waals surface area contributed by atoms with Crippen LogP contribution in [0.4, 0.5) is 0 Å².